The Morgan fingerprint density at radius 2 is 1.39 bits per heavy atom. The highest BCUT2D eigenvalue weighted by Gasteiger charge is 2.50. The van der Waals surface area contributed by atoms with Crippen LogP contribution in [0.4, 0.5) is 0 Å². The molecule has 0 aliphatic heterocycles. The fraction of sp³-hybridized carbons (Fsp3) is 0.333. The van der Waals surface area contributed by atoms with Crippen LogP contribution in [0, 0.1) is 5.92 Å². The number of benzene rings is 2. The van der Waals surface area contributed by atoms with E-state index in [9.17, 15) is 0 Å². The minimum absolute atomic E-state index is 0.0383. The molecular weight excluding hydrogens is 296 g/mol. The van der Waals surface area contributed by atoms with E-state index >= 15 is 0 Å². The van der Waals surface area contributed by atoms with Crippen LogP contribution in [0.15, 0.2) is 73.3 Å². The lowest BCUT2D eigenvalue weighted by Gasteiger charge is -2.43. The summed E-state index contributed by atoms with van der Waals surface area (Å²) in [5.74, 6) is 0.344. The first kappa shape index (κ1) is 17.7. The van der Waals surface area contributed by atoms with Gasteiger partial charge >= 0.3 is 0 Å². The molecule has 0 aliphatic carbocycles. The van der Waals surface area contributed by atoms with Crippen LogP contribution in [0.5, 0.6) is 0 Å². The van der Waals surface area contributed by atoms with Crippen molar-refractivity contribution in [2.75, 3.05) is 6.61 Å². The zero-order chi connectivity index (χ0) is 16.9. The summed E-state index contributed by atoms with van der Waals surface area (Å²) in [4.78, 5) is 0. The van der Waals surface area contributed by atoms with Crippen molar-refractivity contribution < 1.29 is 4.43 Å². The maximum Gasteiger partial charge on any atom is 0.261 e. The fourth-order valence-electron chi connectivity index (χ4n) is 3.09. The van der Waals surface area contributed by atoms with Crippen LogP contribution >= 0.6 is 0 Å². The van der Waals surface area contributed by atoms with Gasteiger partial charge < -0.3 is 4.43 Å². The van der Waals surface area contributed by atoms with Gasteiger partial charge in [-0.3, -0.25) is 0 Å². The van der Waals surface area contributed by atoms with Gasteiger partial charge in [-0.1, -0.05) is 94.4 Å². The lowest BCUT2D eigenvalue weighted by atomic mass is 10.2. The quantitative estimate of drug-likeness (QED) is 0.566. The summed E-state index contributed by atoms with van der Waals surface area (Å²) in [5, 5.41) is 2.70. The highest BCUT2D eigenvalue weighted by atomic mass is 28.4. The van der Waals surface area contributed by atoms with Crippen molar-refractivity contribution in [2.24, 2.45) is 5.92 Å². The van der Waals surface area contributed by atoms with E-state index in [4.69, 9.17) is 4.43 Å². The second-order valence-electron chi connectivity index (χ2n) is 7.19. The molecule has 2 rings (SSSR count). The zero-order valence-corrected chi connectivity index (χ0v) is 15.8. The van der Waals surface area contributed by atoms with E-state index in [1.165, 1.54) is 10.4 Å². The van der Waals surface area contributed by atoms with Gasteiger partial charge in [0.05, 0.1) is 0 Å². The Balaban J connectivity index is 2.62. The first-order valence-corrected chi connectivity index (χ1v) is 10.2. The fourth-order valence-corrected chi connectivity index (χ4v) is 7.75. The molecule has 0 radical (unpaired) electrons. The van der Waals surface area contributed by atoms with Crippen LogP contribution in [0.2, 0.25) is 5.04 Å². The number of rotatable bonds is 6. The standard InChI is InChI=1S/C21H28OSi/c1-6-18(2)17-22-23(21(3,4)5,19-13-9-7-10-14-19)20-15-11-8-12-16-20/h6-16,18H,1,17H2,2-5H3/t18-/m1/s1. The van der Waals surface area contributed by atoms with E-state index in [-0.39, 0.29) is 5.04 Å². The average Bonchev–Trinajstić information content (AvgIpc) is 2.56. The minimum atomic E-state index is -2.38. The highest BCUT2D eigenvalue weighted by molar-refractivity contribution is 6.99. The lowest BCUT2D eigenvalue weighted by molar-refractivity contribution is 0.268. The van der Waals surface area contributed by atoms with Gasteiger partial charge in [-0.25, -0.2) is 0 Å². The third-order valence-corrected chi connectivity index (χ3v) is 9.39. The van der Waals surface area contributed by atoms with Gasteiger partial charge in [-0.05, 0) is 21.3 Å². The van der Waals surface area contributed by atoms with Gasteiger partial charge in [0, 0.05) is 6.61 Å². The first-order valence-electron chi connectivity index (χ1n) is 8.29. The largest absolute Gasteiger partial charge is 0.407 e. The topological polar surface area (TPSA) is 9.23 Å². The van der Waals surface area contributed by atoms with E-state index in [0.717, 1.165) is 0 Å². The molecule has 0 saturated carbocycles. The van der Waals surface area contributed by atoms with Crippen LogP contribution in [0.1, 0.15) is 27.7 Å². The van der Waals surface area contributed by atoms with Crippen LogP contribution in [0.25, 0.3) is 0 Å². The Morgan fingerprint density at radius 3 is 1.74 bits per heavy atom. The van der Waals surface area contributed by atoms with E-state index in [2.05, 4.69) is 94.9 Å². The second kappa shape index (κ2) is 7.29. The normalized spacial score (nSPS) is 13.6. The molecule has 0 aliphatic rings. The summed E-state index contributed by atoms with van der Waals surface area (Å²) in [6.45, 7) is 13.7. The molecule has 122 valence electrons. The molecule has 0 bridgehead atoms. The van der Waals surface area contributed by atoms with Gasteiger partial charge in [-0.2, -0.15) is 0 Å². The summed E-state index contributed by atoms with van der Waals surface area (Å²) in [5.41, 5.74) is 0. The van der Waals surface area contributed by atoms with Crippen molar-refractivity contribution in [3.05, 3.63) is 73.3 Å². The average molecular weight is 325 g/mol. The number of hydrogen-bond acceptors (Lipinski definition) is 1. The highest BCUT2D eigenvalue weighted by Crippen LogP contribution is 2.36. The van der Waals surface area contributed by atoms with Gasteiger partial charge in [0.25, 0.3) is 8.32 Å². The molecule has 0 spiro atoms. The second-order valence-corrected chi connectivity index (χ2v) is 11.5. The molecule has 1 atom stereocenters. The molecule has 0 heterocycles. The first-order chi connectivity index (χ1) is 10.9. The van der Waals surface area contributed by atoms with Crippen molar-refractivity contribution in [3.8, 4) is 0 Å². The number of hydrogen-bond donors (Lipinski definition) is 0. The van der Waals surface area contributed by atoms with Crippen LogP contribution in [-0.2, 0) is 4.43 Å². The molecule has 0 aromatic heterocycles. The molecule has 0 saturated heterocycles. The van der Waals surface area contributed by atoms with Crippen molar-refractivity contribution in [3.63, 3.8) is 0 Å². The van der Waals surface area contributed by atoms with Crippen molar-refractivity contribution in [1.82, 2.24) is 0 Å². The van der Waals surface area contributed by atoms with E-state index in [0.29, 0.717) is 12.5 Å². The SMILES string of the molecule is C=C[C@@H](C)CO[Si](c1ccccc1)(c1ccccc1)C(C)(C)C. The van der Waals surface area contributed by atoms with Gasteiger partial charge in [0.2, 0.25) is 0 Å². The zero-order valence-electron chi connectivity index (χ0n) is 14.8. The monoisotopic (exact) mass is 324 g/mol. The maximum atomic E-state index is 6.79. The smallest absolute Gasteiger partial charge is 0.261 e. The van der Waals surface area contributed by atoms with E-state index in [1.54, 1.807) is 0 Å². The molecule has 2 heteroatoms. The predicted octanol–water partition coefficient (Wildman–Crippen LogP) is 4.39. The van der Waals surface area contributed by atoms with Crippen molar-refractivity contribution in [2.45, 2.75) is 32.7 Å². The predicted molar refractivity (Wildman–Crippen MR) is 103 cm³/mol. The van der Waals surface area contributed by atoms with Gasteiger partial charge in [-0.15, -0.1) is 6.58 Å². The van der Waals surface area contributed by atoms with Crippen LogP contribution in [-0.4, -0.2) is 14.9 Å². The lowest BCUT2D eigenvalue weighted by Crippen LogP contribution is -2.66. The molecule has 1 nitrogen and oxygen atoms in total. The maximum absolute atomic E-state index is 6.79. The third kappa shape index (κ3) is 3.65. The molecule has 2 aromatic carbocycles. The molecule has 0 amide bonds. The molecule has 23 heavy (non-hydrogen) atoms. The minimum Gasteiger partial charge on any atom is -0.407 e. The molecular formula is C21H28OSi. The Morgan fingerprint density at radius 1 is 0.957 bits per heavy atom. The Hall–Kier alpha value is -1.64. The van der Waals surface area contributed by atoms with Crippen LogP contribution < -0.4 is 10.4 Å². The molecule has 2 aromatic rings. The summed E-state index contributed by atoms with van der Waals surface area (Å²) in [6.07, 6.45) is 1.97. The molecule has 0 fully saturated rings. The van der Waals surface area contributed by atoms with Gasteiger partial charge in [0.15, 0.2) is 0 Å². The summed E-state index contributed by atoms with van der Waals surface area (Å²) >= 11 is 0. The van der Waals surface area contributed by atoms with Crippen molar-refractivity contribution >= 4 is 18.7 Å². The summed E-state index contributed by atoms with van der Waals surface area (Å²) in [6, 6.07) is 21.5. The van der Waals surface area contributed by atoms with E-state index < -0.39 is 8.32 Å². The Kier molecular flexibility index (Phi) is 5.61. The third-order valence-electron chi connectivity index (χ3n) is 4.38. The molecule has 0 N–H and O–H groups in total. The summed E-state index contributed by atoms with van der Waals surface area (Å²) < 4.78 is 6.79. The summed E-state index contributed by atoms with van der Waals surface area (Å²) in [7, 11) is -2.38. The van der Waals surface area contributed by atoms with Crippen molar-refractivity contribution in [1.29, 1.82) is 0 Å². The van der Waals surface area contributed by atoms with Crippen LogP contribution in [0.3, 0.4) is 0 Å². The van der Waals surface area contributed by atoms with Gasteiger partial charge in [0.1, 0.15) is 0 Å². The molecule has 0 unspecified atom stereocenters. The Bertz CT molecular complexity index is 574. The van der Waals surface area contributed by atoms with E-state index in [1.807, 2.05) is 6.08 Å². The Labute approximate surface area is 142 Å².